The molecule has 0 aliphatic carbocycles. The van der Waals surface area contributed by atoms with E-state index in [-0.39, 0.29) is 18.2 Å². The number of anilines is 3. The van der Waals surface area contributed by atoms with Gasteiger partial charge in [0.1, 0.15) is 5.71 Å². The number of aryl methyl sites for hydroxylation is 1. The molecule has 2 aromatic rings. The van der Waals surface area contributed by atoms with Gasteiger partial charge in [0.15, 0.2) is 0 Å². The van der Waals surface area contributed by atoms with Crippen molar-refractivity contribution >= 4 is 34.6 Å². The van der Waals surface area contributed by atoms with Crippen molar-refractivity contribution in [3.63, 3.8) is 0 Å². The third-order valence-electron chi connectivity index (χ3n) is 3.67. The maximum absolute atomic E-state index is 12.3. The first-order chi connectivity index (χ1) is 11.6. The van der Waals surface area contributed by atoms with E-state index in [0.717, 1.165) is 11.4 Å². The Morgan fingerprint density at radius 1 is 1.04 bits per heavy atom. The van der Waals surface area contributed by atoms with Crippen LogP contribution in [0.25, 0.3) is 0 Å². The molecule has 6 heteroatoms. The van der Waals surface area contributed by atoms with Crippen LogP contribution in [0.2, 0.25) is 0 Å². The Bertz CT molecular complexity index is 797. The minimum atomic E-state index is -0.312. The summed E-state index contributed by atoms with van der Waals surface area (Å²) in [5.74, 6) is -0.485. The molecule has 0 aromatic heterocycles. The van der Waals surface area contributed by atoms with Crippen LogP contribution in [0.5, 0.6) is 0 Å². The first kappa shape index (κ1) is 15.7. The molecule has 0 radical (unpaired) electrons. The number of amides is 2. The number of hydrogen-bond donors (Lipinski definition) is 3. The molecule has 0 bridgehead atoms. The van der Waals surface area contributed by atoms with Crippen LogP contribution in [0, 0.1) is 6.92 Å². The number of hydrogen-bond acceptors (Lipinski definition) is 4. The van der Waals surface area contributed by atoms with Crippen molar-refractivity contribution in [1.82, 2.24) is 5.43 Å². The van der Waals surface area contributed by atoms with Gasteiger partial charge < -0.3 is 10.6 Å². The van der Waals surface area contributed by atoms with Gasteiger partial charge in [0, 0.05) is 18.5 Å². The van der Waals surface area contributed by atoms with Gasteiger partial charge in [-0.05, 0) is 31.2 Å². The minimum absolute atomic E-state index is 0.173. The highest BCUT2D eigenvalue weighted by atomic mass is 16.2. The van der Waals surface area contributed by atoms with Crippen molar-refractivity contribution in [1.29, 1.82) is 0 Å². The van der Waals surface area contributed by atoms with Gasteiger partial charge in [0.05, 0.1) is 11.4 Å². The molecule has 0 unspecified atom stereocenters. The van der Waals surface area contributed by atoms with Gasteiger partial charge in [-0.15, -0.1) is 0 Å². The predicted molar refractivity (Wildman–Crippen MR) is 94.3 cm³/mol. The molecule has 0 saturated carbocycles. The summed E-state index contributed by atoms with van der Waals surface area (Å²) in [6, 6.07) is 15.4. The van der Waals surface area contributed by atoms with Crippen LogP contribution in [-0.2, 0) is 9.59 Å². The second kappa shape index (κ2) is 6.95. The van der Waals surface area contributed by atoms with Gasteiger partial charge in [-0.1, -0.05) is 29.8 Å². The van der Waals surface area contributed by atoms with E-state index < -0.39 is 0 Å². The highest BCUT2D eigenvalue weighted by Crippen LogP contribution is 2.25. The van der Waals surface area contributed by atoms with Crippen molar-refractivity contribution in [3.8, 4) is 0 Å². The highest BCUT2D eigenvalue weighted by Gasteiger charge is 2.19. The molecule has 0 spiro atoms. The third kappa shape index (κ3) is 3.78. The van der Waals surface area contributed by atoms with E-state index in [0.29, 0.717) is 17.8 Å². The summed E-state index contributed by atoms with van der Waals surface area (Å²) >= 11 is 0. The van der Waals surface area contributed by atoms with Crippen LogP contribution in [-0.4, -0.2) is 17.5 Å². The molecule has 3 rings (SSSR count). The SMILES string of the molecule is Cc1ccc(Nc2ccccc2NC(=O)C2=NNC(=O)CC2)cc1. The van der Waals surface area contributed by atoms with Gasteiger partial charge in [0.2, 0.25) is 5.91 Å². The Hall–Kier alpha value is -3.15. The zero-order chi connectivity index (χ0) is 16.9. The van der Waals surface area contributed by atoms with Gasteiger partial charge in [-0.2, -0.15) is 5.10 Å². The highest BCUT2D eigenvalue weighted by molar-refractivity contribution is 6.43. The molecule has 1 aliphatic rings. The standard InChI is InChI=1S/C18H18N4O2/c1-12-6-8-13(9-7-12)19-14-4-2-3-5-15(14)20-18(24)16-10-11-17(23)22-21-16/h2-9,19H,10-11H2,1H3,(H,20,24)(H,22,23). The Morgan fingerprint density at radius 3 is 2.42 bits per heavy atom. The fourth-order valence-electron chi connectivity index (χ4n) is 2.33. The van der Waals surface area contributed by atoms with Crippen molar-refractivity contribution in [2.75, 3.05) is 10.6 Å². The van der Waals surface area contributed by atoms with E-state index in [4.69, 9.17) is 0 Å². The Morgan fingerprint density at radius 2 is 1.75 bits per heavy atom. The average Bonchev–Trinajstić information content (AvgIpc) is 2.59. The van der Waals surface area contributed by atoms with Gasteiger partial charge in [0.25, 0.3) is 5.91 Å². The number of para-hydroxylation sites is 2. The molecule has 0 atom stereocenters. The summed E-state index contributed by atoms with van der Waals surface area (Å²) in [5.41, 5.74) is 6.21. The fraction of sp³-hybridized carbons (Fsp3) is 0.167. The normalized spacial score (nSPS) is 13.7. The van der Waals surface area contributed by atoms with E-state index in [1.165, 1.54) is 5.56 Å². The monoisotopic (exact) mass is 322 g/mol. The molecule has 0 saturated heterocycles. The molecule has 2 aromatic carbocycles. The lowest BCUT2D eigenvalue weighted by molar-refractivity contribution is -0.121. The van der Waals surface area contributed by atoms with Crippen molar-refractivity contribution in [3.05, 3.63) is 54.1 Å². The van der Waals surface area contributed by atoms with Crippen molar-refractivity contribution in [2.45, 2.75) is 19.8 Å². The van der Waals surface area contributed by atoms with E-state index in [1.807, 2.05) is 55.5 Å². The van der Waals surface area contributed by atoms with Crippen LogP contribution < -0.4 is 16.1 Å². The maximum Gasteiger partial charge on any atom is 0.271 e. The number of carbonyl (C=O) groups excluding carboxylic acids is 2. The van der Waals surface area contributed by atoms with Crippen molar-refractivity contribution < 1.29 is 9.59 Å². The number of hydrazone groups is 1. The lowest BCUT2D eigenvalue weighted by atomic mass is 10.1. The zero-order valence-corrected chi connectivity index (χ0v) is 13.3. The number of rotatable bonds is 4. The summed E-state index contributed by atoms with van der Waals surface area (Å²) in [7, 11) is 0. The van der Waals surface area contributed by atoms with E-state index >= 15 is 0 Å². The minimum Gasteiger partial charge on any atom is -0.354 e. The zero-order valence-electron chi connectivity index (χ0n) is 13.3. The Labute approximate surface area is 140 Å². The van der Waals surface area contributed by atoms with Crippen LogP contribution in [0.4, 0.5) is 17.1 Å². The molecule has 122 valence electrons. The van der Waals surface area contributed by atoms with E-state index in [1.54, 1.807) is 0 Å². The quantitative estimate of drug-likeness (QED) is 0.809. The van der Waals surface area contributed by atoms with Gasteiger partial charge >= 0.3 is 0 Å². The Kier molecular flexibility index (Phi) is 4.56. The van der Waals surface area contributed by atoms with Crippen LogP contribution >= 0.6 is 0 Å². The third-order valence-corrected chi connectivity index (χ3v) is 3.67. The summed E-state index contributed by atoms with van der Waals surface area (Å²) < 4.78 is 0. The molecular weight excluding hydrogens is 304 g/mol. The largest absolute Gasteiger partial charge is 0.354 e. The number of benzene rings is 2. The smallest absolute Gasteiger partial charge is 0.271 e. The number of carbonyl (C=O) groups is 2. The van der Waals surface area contributed by atoms with Crippen molar-refractivity contribution in [2.24, 2.45) is 5.10 Å². The fourth-order valence-corrected chi connectivity index (χ4v) is 2.33. The summed E-state index contributed by atoms with van der Waals surface area (Å²) in [6.45, 7) is 2.03. The average molecular weight is 322 g/mol. The topological polar surface area (TPSA) is 82.6 Å². The molecule has 2 amide bonds. The molecule has 1 aliphatic heterocycles. The van der Waals surface area contributed by atoms with E-state index in [9.17, 15) is 9.59 Å². The summed E-state index contributed by atoms with van der Waals surface area (Å²) in [4.78, 5) is 23.4. The summed E-state index contributed by atoms with van der Waals surface area (Å²) in [6.07, 6.45) is 0.612. The second-order valence-electron chi connectivity index (χ2n) is 5.58. The molecule has 1 heterocycles. The van der Waals surface area contributed by atoms with Gasteiger partial charge in [-0.25, -0.2) is 5.43 Å². The molecular formula is C18H18N4O2. The first-order valence-corrected chi connectivity index (χ1v) is 7.71. The number of nitrogens with one attached hydrogen (secondary N) is 3. The van der Waals surface area contributed by atoms with Crippen LogP contribution in [0.15, 0.2) is 53.6 Å². The lowest BCUT2D eigenvalue weighted by Gasteiger charge is -2.15. The lowest BCUT2D eigenvalue weighted by Crippen LogP contribution is -2.32. The number of nitrogens with zero attached hydrogens (tertiary/aromatic N) is 1. The summed E-state index contributed by atoms with van der Waals surface area (Å²) in [5, 5.41) is 9.95. The van der Waals surface area contributed by atoms with Gasteiger partial charge in [-0.3, -0.25) is 9.59 Å². The molecule has 3 N–H and O–H groups in total. The van der Waals surface area contributed by atoms with Crippen LogP contribution in [0.1, 0.15) is 18.4 Å². The molecule has 6 nitrogen and oxygen atoms in total. The molecule has 0 fully saturated rings. The van der Waals surface area contributed by atoms with Crippen LogP contribution in [0.3, 0.4) is 0 Å². The van der Waals surface area contributed by atoms with E-state index in [2.05, 4.69) is 21.2 Å². The predicted octanol–water partition coefficient (Wildman–Crippen LogP) is 2.94. The Balaban J connectivity index is 1.75. The first-order valence-electron chi connectivity index (χ1n) is 7.71. The maximum atomic E-state index is 12.3. The molecule has 24 heavy (non-hydrogen) atoms. The second-order valence-corrected chi connectivity index (χ2v) is 5.58.